The fourth-order valence-electron chi connectivity index (χ4n) is 1.95. The summed E-state index contributed by atoms with van der Waals surface area (Å²) in [5, 5.41) is 12.0. The van der Waals surface area contributed by atoms with Crippen LogP contribution in [0.4, 0.5) is 0 Å². The number of methoxy groups -OCH3 is 1. The average molecular weight is 354 g/mol. The Labute approximate surface area is 143 Å². The maximum absolute atomic E-state index is 12.3. The summed E-state index contributed by atoms with van der Waals surface area (Å²) in [6.45, 7) is 0. The van der Waals surface area contributed by atoms with E-state index in [-0.39, 0.29) is 12.8 Å². The predicted molar refractivity (Wildman–Crippen MR) is 84.7 cm³/mol. The van der Waals surface area contributed by atoms with Crippen molar-refractivity contribution in [1.29, 1.82) is 0 Å². The fourth-order valence-corrected chi connectivity index (χ4v) is 2.08. The molecule has 1 rings (SSSR count). The first-order valence-corrected chi connectivity index (χ1v) is 7.28. The summed E-state index contributed by atoms with van der Waals surface area (Å²) in [4.78, 5) is 37.3. The Morgan fingerprint density at radius 2 is 2.00 bits per heavy atom. The number of hydrogen-bond donors (Lipinski definition) is 2. The third-order valence-corrected chi connectivity index (χ3v) is 3.39. The molecule has 0 unspecified atom stereocenters. The quantitative estimate of drug-likeness (QED) is 0.392. The van der Waals surface area contributed by atoms with E-state index in [1.165, 1.54) is 7.11 Å². The van der Waals surface area contributed by atoms with Gasteiger partial charge in [-0.3, -0.25) is 9.59 Å². The second-order valence-electron chi connectivity index (χ2n) is 4.82. The molecule has 0 spiro atoms. The molecule has 0 fully saturated rings. The number of carbonyl (C=O) groups excluding carboxylic acids is 2. The van der Waals surface area contributed by atoms with Gasteiger partial charge >= 0.3 is 12.2 Å². The van der Waals surface area contributed by atoms with E-state index in [1.54, 1.807) is 24.3 Å². The molecule has 0 aliphatic heterocycles. The monoisotopic (exact) mass is 353 g/mol. The van der Waals surface area contributed by atoms with Crippen LogP contribution in [-0.4, -0.2) is 46.9 Å². The van der Waals surface area contributed by atoms with Gasteiger partial charge in [-0.05, 0) is 24.1 Å². The van der Waals surface area contributed by atoms with Crippen molar-refractivity contribution >= 4 is 35.5 Å². The van der Waals surface area contributed by atoms with Crippen molar-refractivity contribution in [2.24, 2.45) is 0 Å². The van der Waals surface area contributed by atoms with Gasteiger partial charge in [0.1, 0.15) is 6.04 Å². The molecule has 2 N–H and O–H groups in total. The first-order valence-electron chi connectivity index (χ1n) is 6.90. The standard InChI is InChI=1S/C15H16ClN3O5/c1-24-13(9-2-4-10(16)5-3-9)14(21)19-12(15(22)23)7-6-11(20)8-18-17/h2-5,8,12-13H,6-7H2,1H3,(H,19,21)(H,22,23)/t12-,13-/m0/s1. The highest BCUT2D eigenvalue weighted by Crippen LogP contribution is 2.19. The molecule has 128 valence electrons. The molecule has 0 heterocycles. The van der Waals surface area contributed by atoms with E-state index < -0.39 is 29.8 Å². The molecule has 0 radical (unpaired) electrons. The Kier molecular flexibility index (Phi) is 7.77. The molecule has 0 aliphatic rings. The van der Waals surface area contributed by atoms with Crippen LogP contribution in [0.15, 0.2) is 24.3 Å². The number of carboxylic acids is 1. The zero-order chi connectivity index (χ0) is 18.1. The number of halogens is 1. The van der Waals surface area contributed by atoms with Crippen LogP contribution < -0.4 is 5.32 Å². The number of ketones is 1. The summed E-state index contributed by atoms with van der Waals surface area (Å²) in [6.07, 6.45) is -0.686. The van der Waals surface area contributed by atoms with Crippen LogP contribution >= 0.6 is 11.6 Å². The van der Waals surface area contributed by atoms with Gasteiger partial charge in [-0.1, -0.05) is 23.7 Å². The third-order valence-electron chi connectivity index (χ3n) is 3.14. The number of nitrogens with one attached hydrogen (secondary N) is 1. The van der Waals surface area contributed by atoms with Gasteiger partial charge in [0.05, 0.1) is 0 Å². The van der Waals surface area contributed by atoms with Crippen molar-refractivity contribution < 1.29 is 29.0 Å². The Morgan fingerprint density at radius 1 is 1.38 bits per heavy atom. The van der Waals surface area contributed by atoms with E-state index in [9.17, 15) is 14.4 Å². The van der Waals surface area contributed by atoms with Gasteiger partial charge in [0.15, 0.2) is 6.10 Å². The number of aliphatic carboxylic acids is 1. The van der Waals surface area contributed by atoms with Crippen LogP contribution in [-0.2, 0) is 19.1 Å². The van der Waals surface area contributed by atoms with Crippen molar-refractivity contribution in [3.8, 4) is 0 Å². The van der Waals surface area contributed by atoms with Crippen molar-refractivity contribution in [2.75, 3.05) is 7.11 Å². The Balaban J connectivity index is 2.78. The molecular weight excluding hydrogens is 338 g/mol. The molecule has 0 saturated carbocycles. The SMILES string of the molecule is CO[C@H](C(=O)N[C@@H](CCC(=O)C=[N+]=[N-])C(=O)O)c1ccc(Cl)cc1. The summed E-state index contributed by atoms with van der Waals surface area (Å²) in [5.74, 6) is -2.50. The van der Waals surface area contributed by atoms with E-state index in [4.69, 9.17) is 27.0 Å². The summed E-state index contributed by atoms with van der Waals surface area (Å²) in [6, 6.07) is 5.06. The Bertz CT molecular complexity index is 656. The number of carboxylic acid groups (broad SMARTS) is 1. The van der Waals surface area contributed by atoms with Crippen LogP contribution in [0, 0.1) is 0 Å². The van der Waals surface area contributed by atoms with Gasteiger partial charge < -0.3 is 20.7 Å². The Morgan fingerprint density at radius 3 is 2.50 bits per heavy atom. The number of rotatable bonds is 9. The number of carbonyl (C=O) groups is 3. The van der Waals surface area contributed by atoms with Gasteiger partial charge in [-0.25, -0.2) is 4.79 Å². The second kappa shape index (κ2) is 9.57. The minimum absolute atomic E-state index is 0.150. The van der Waals surface area contributed by atoms with Crippen LogP contribution in [0.1, 0.15) is 24.5 Å². The highest BCUT2D eigenvalue weighted by atomic mass is 35.5. The summed E-state index contributed by atoms with van der Waals surface area (Å²) in [7, 11) is 1.32. The molecule has 24 heavy (non-hydrogen) atoms. The van der Waals surface area contributed by atoms with E-state index in [2.05, 4.69) is 10.1 Å². The molecule has 9 heteroatoms. The summed E-state index contributed by atoms with van der Waals surface area (Å²) >= 11 is 5.78. The number of ether oxygens (including phenoxy) is 1. The van der Waals surface area contributed by atoms with E-state index in [1.807, 2.05) is 0 Å². The zero-order valence-electron chi connectivity index (χ0n) is 12.8. The van der Waals surface area contributed by atoms with Gasteiger partial charge in [0, 0.05) is 18.6 Å². The number of benzene rings is 1. The molecular formula is C15H16ClN3O5. The van der Waals surface area contributed by atoms with Crippen LogP contribution in [0.25, 0.3) is 5.53 Å². The lowest BCUT2D eigenvalue weighted by Gasteiger charge is -2.19. The van der Waals surface area contributed by atoms with Crippen molar-refractivity contribution in [3.05, 3.63) is 40.4 Å². The molecule has 0 saturated heterocycles. The van der Waals surface area contributed by atoms with Gasteiger partial charge in [0.2, 0.25) is 5.78 Å². The number of hydrogen-bond acceptors (Lipinski definition) is 4. The molecule has 2 atom stereocenters. The largest absolute Gasteiger partial charge is 0.480 e. The predicted octanol–water partition coefficient (Wildman–Crippen LogP) is 1.25. The maximum atomic E-state index is 12.3. The highest BCUT2D eigenvalue weighted by molar-refractivity contribution is 6.30. The van der Waals surface area contributed by atoms with Gasteiger partial charge in [-0.2, -0.15) is 4.79 Å². The maximum Gasteiger partial charge on any atom is 0.326 e. The van der Waals surface area contributed by atoms with Gasteiger partial charge in [0.25, 0.3) is 5.91 Å². The lowest BCUT2D eigenvalue weighted by Crippen LogP contribution is -2.43. The van der Waals surface area contributed by atoms with E-state index in [0.29, 0.717) is 16.8 Å². The van der Waals surface area contributed by atoms with E-state index in [0.717, 1.165) is 0 Å². The smallest absolute Gasteiger partial charge is 0.326 e. The van der Waals surface area contributed by atoms with Crippen molar-refractivity contribution in [2.45, 2.75) is 25.0 Å². The van der Waals surface area contributed by atoms with E-state index >= 15 is 0 Å². The molecule has 8 nitrogen and oxygen atoms in total. The lowest BCUT2D eigenvalue weighted by atomic mass is 10.1. The average Bonchev–Trinajstić information content (AvgIpc) is 2.53. The molecule has 1 aromatic rings. The molecule has 1 aromatic carbocycles. The minimum Gasteiger partial charge on any atom is -0.480 e. The van der Waals surface area contributed by atoms with Crippen LogP contribution in [0.3, 0.4) is 0 Å². The zero-order valence-corrected chi connectivity index (χ0v) is 13.6. The molecule has 0 aromatic heterocycles. The number of nitrogens with zero attached hydrogens (tertiary/aromatic N) is 2. The first-order chi connectivity index (χ1) is 11.4. The highest BCUT2D eigenvalue weighted by Gasteiger charge is 2.27. The summed E-state index contributed by atoms with van der Waals surface area (Å²) in [5.41, 5.74) is 8.75. The second-order valence-corrected chi connectivity index (χ2v) is 5.25. The fraction of sp³-hybridized carbons (Fsp3) is 0.333. The molecule has 0 aliphatic carbocycles. The topological polar surface area (TPSA) is 129 Å². The van der Waals surface area contributed by atoms with Gasteiger partial charge in [-0.15, -0.1) is 0 Å². The summed E-state index contributed by atoms with van der Waals surface area (Å²) < 4.78 is 5.11. The number of amides is 1. The third kappa shape index (κ3) is 5.92. The normalized spacial score (nSPS) is 12.6. The lowest BCUT2D eigenvalue weighted by molar-refractivity contribution is -0.144. The molecule has 1 amide bonds. The van der Waals surface area contributed by atoms with Crippen molar-refractivity contribution in [3.63, 3.8) is 0 Å². The van der Waals surface area contributed by atoms with Crippen LogP contribution in [0.5, 0.6) is 0 Å². The number of Topliss-reactive ketones (excluding diaryl/α,β-unsaturated/α-hetero) is 1. The first kappa shape index (κ1) is 19.5. The minimum atomic E-state index is -1.29. The van der Waals surface area contributed by atoms with Crippen molar-refractivity contribution in [1.82, 2.24) is 5.32 Å². The Hall–Kier alpha value is -2.54. The van der Waals surface area contributed by atoms with Crippen LogP contribution in [0.2, 0.25) is 5.02 Å². The molecule has 0 bridgehead atoms.